The molecule has 0 aliphatic rings. The third-order valence-corrected chi connectivity index (χ3v) is 3.64. The van der Waals surface area contributed by atoms with Gasteiger partial charge in [-0.25, -0.2) is 4.79 Å². The quantitative estimate of drug-likeness (QED) is 0.418. The Morgan fingerprint density at radius 1 is 1.11 bits per heavy atom. The van der Waals surface area contributed by atoms with E-state index >= 15 is 0 Å². The molecule has 1 N–H and O–H groups in total. The molecule has 0 fully saturated rings. The number of halogens is 2. The summed E-state index contributed by atoms with van der Waals surface area (Å²) >= 11 is 0. The van der Waals surface area contributed by atoms with Crippen molar-refractivity contribution >= 4 is 17.8 Å². The highest BCUT2D eigenvalue weighted by atomic mass is 19.3. The van der Waals surface area contributed by atoms with Crippen molar-refractivity contribution in [1.29, 1.82) is 0 Å². The number of phenolic OH excluding ortho intramolecular Hbond substituents is 1. The van der Waals surface area contributed by atoms with E-state index < -0.39 is 24.5 Å². The molecular formula is C20H18F2O6. The predicted molar refractivity (Wildman–Crippen MR) is 96.7 cm³/mol. The fraction of sp³-hybridized carbons (Fsp3) is 0.200. The first-order valence-corrected chi connectivity index (χ1v) is 8.15. The number of esters is 1. The number of hydrogen-bond acceptors (Lipinski definition) is 6. The van der Waals surface area contributed by atoms with Crippen LogP contribution in [0.15, 0.2) is 48.5 Å². The van der Waals surface area contributed by atoms with Gasteiger partial charge in [0.1, 0.15) is 5.75 Å². The van der Waals surface area contributed by atoms with Gasteiger partial charge in [0.25, 0.3) is 0 Å². The van der Waals surface area contributed by atoms with E-state index in [4.69, 9.17) is 9.47 Å². The first kappa shape index (κ1) is 20.9. The largest absolute Gasteiger partial charge is 0.504 e. The maximum Gasteiger partial charge on any atom is 0.387 e. The molecule has 0 saturated heterocycles. The highest BCUT2D eigenvalue weighted by Gasteiger charge is 2.19. The van der Waals surface area contributed by atoms with Crippen molar-refractivity contribution in [2.24, 2.45) is 0 Å². The molecule has 2 rings (SSSR count). The molecule has 0 amide bonds. The number of phenols is 1. The first-order chi connectivity index (χ1) is 13.3. The van der Waals surface area contributed by atoms with Gasteiger partial charge in [0.05, 0.1) is 7.11 Å². The molecule has 0 radical (unpaired) electrons. The van der Waals surface area contributed by atoms with E-state index in [2.05, 4.69) is 4.74 Å². The number of ketones is 1. The predicted octanol–water partition coefficient (Wildman–Crippen LogP) is 3.83. The minimum atomic E-state index is -2.96. The van der Waals surface area contributed by atoms with Crippen LogP contribution in [-0.4, -0.2) is 36.7 Å². The Kier molecular flexibility index (Phi) is 7.08. The van der Waals surface area contributed by atoms with Crippen molar-refractivity contribution in [3.8, 4) is 17.2 Å². The number of Topliss-reactive ketones (excluding diaryl/α,β-unsaturated/α-hetero) is 1. The number of hydrogen-bond donors (Lipinski definition) is 1. The first-order valence-electron chi connectivity index (χ1n) is 8.15. The van der Waals surface area contributed by atoms with Crippen LogP contribution in [0.3, 0.4) is 0 Å². The molecule has 0 aliphatic heterocycles. The average Bonchev–Trinajstić information content (AvgIpc) is 2.66. The van der Waals surface area contributed by atoms with Crippen molar-refractivity contribution in [2.75, 3.05) is 7.11 Å². The Labute approximate surface area is 160 Å². The molecule has 0 saturated carbocycles. The van der Waals surface area contributed by atoms with E-state index in [1.165, 1.54) is 56.5 Å². The highest BCUT2D eigenvalue weighted by Crippen LogP contribution is 2.26. The van der Waals surface area contributed by atoms with E-state index in [0.717, 1.165) is 6.08 Å². The zero-order chi connectivity index (χ0) is 20.7. The summed E-state index contributed by atoms with van der Waals surface area (Å²) in [5, 5.41) is 9.54. The zero-order valence-electron chi connectivity index (χ0n) is 15.1. The van der Waals surface area contributed by atoms with Gasteiger partial charge in [-0.05, 0) is 55.0 Å². The van der Waals surface area contributed by atoms with Gasteiger partial charge >= 0.3 is 12.6 Å². The number of aromatic hydroxyl groups is 1. The second-order valence-electron chi connectivity index (χ2n) is 5.61. The number of alkyl halides is 2. The standard InChI is InChI=1S/C20H18F2O6/c1-12(19(25)14-5-7-15(8-6-14)28-20(21)22)27-18(24)10-4-13-3-9-16(23)17(11-13)26-2/h3-12,20,23H,1-2H3/b10-4+/t12-/m0/s1. The van der Waals surface area contributed by atoms with Gasteiger partial charge in [-0.2, -0.15) is 8.78 Å². The minimum Gasteiger partial charge on any atom is -0.504 e. The highest BCUT2D eigenvalue weighted by molar-refractivity contribution is 6.01. The summed E-state index contributed by atoms with van der Waals surface area (Å²) in [5.74, 6) is -1.10. The Hall–Kier alpha value is -3.42. The monoisotopic (exact) mass is 392 g/mol. The Balaban J connectivity index is 1.96. The second kappa shape index (κ2) is 9.50. The zero-order valence-corrected chi connectivity index (χ0v) is 15.1. The lowest BCUT2D eigenvalue weighted by molar-refractivity contribution is -0.140. The molecule has 28 heavy (non-hydrogen) atoms. The van der Waals surface area contributed by atoms with Crippen LogP contribution in [0.1, 0.15) is 22.8 Å². The van der Waals surface area contributed by atoms with Crippen molar-refractivity contribution in [3.63, 3.8) is 0 Å². The van der Waals surface area contributed by atoms with Gasteiger partial charge < -0.3 is 19.3 Å². The minimum absolute atomic E-state index is 0.0357. The lowest BCUT2D eigenvalue weighted by Gasteiger charge is -2.11. The summed E-state index contributed by atoms with van der Waals surface area (Å²) in [7, 11) is 1.40. The summed E-state index contributed by atoms with van der Waals surface area (Å²) in [5.41, 5.74) is 0.773. The van der Waals surface area contributed by atoms with Crippen LogP contribution in [0.2, 0.25) is 0 Å². The van der Waals surface area contributed by atoms with E-state index in [0.29, 0.717) is 5.56 Å². The summed E-state index contributed by atoms with van der Waals surface area (Å²) in [6.45, 7) is -1.55. The van der Waals surface area contributed by atoms with Gasteiger partial charge in [0, 0.05) is 11.6 Å². The summed E-state index contributed by atoms with van der Waals surface area (Å²) in [4.78, 5) is 24.2. The molecule has 0 bridgehead atoms. The molecule has 0 aromatic heterocycles. The topological polar surface area (TPSA) is 82.1 Å². The SMILES string of the molecule is COc1cc(/C=C/C(=O)O[C@@H](C)C(=O)c2ccc(OC(F)F)cc2)ccc1O. The van der Waals surface area contributed by atoms with E-state index in [1.807, 2.05) is 0 Å². The fourth-order valence-corrected chi connectivity index (χ4v) is 2.26. The maximum absolute atomic E-state index is 12.3. The molecule has 148 valence electrons. The Morgan fingerprint density at radius 3 is 2.39 bits per heavy atom. The van der Waals surface area contributed by atoms with Gasteiger partial charge in [-0.15, -0.1) is 0 Å². The summed E-state index contributed by atoms with van der Waals surface area (Å²) in [6, 6.07) is 9.58. The van der Waals surface area contributed by atoms with Crippen LogP contribution >= 0.6 is 0 Å². The van der Waals surface area contributed by atoms with Crippen molar-refractivity contribution < 1.29 is 37.7 Å². The molecule has 8 heteroatoms. The number of carbonyl (C=O) groups excluding carboxylic acids is 2. The summed E-state index contributed by atoms with van der Waals surface area (Å²) in [6.07, 6.45) is 1.50. The van der Waals surface area contributed by atoms with Gasteiger partial charge in [0.2, 0.25) is 5.78 Å². The number of carbonyl (C=O) groups is 2. The van der Waals surface area contributed by atoms with Crippen LogP contribution in [0, 0.1) is 0 Å². The third-order valence-electron chi connectivity index (χ3n) is 3.64. The molecule has 2 aromatic rings. The fourth-order valence-electron chi connectivity index (χ4n) is 2.26. The molecule has 2 aromatic carbocycles. The lowest BCUT2D eigenvalue weighted by Crippen LogP contribution is -2.23. The van der Waals surface area contributed by atoms with Gasteiger partial charge in [0.15, 0.2) is 17.6 Å². The van der Waals surface area contributed by atoms with Crippen LogP contribution in [-0.2, 0) is 9.53 Å². The maximum atomic E-state index is 12.3. The molecule has 6 nitrogen and oxygen atoms in total. The van der Waals surface area contributed by atoms with Gasteiger partial charge in [-0.3, -0.25) is 4.79 Å². The van der Waals surface area contributed by atoms with Crippen molar-refractivity contribution in [3.05, 3.63) is 59.7 Å². The molecular weight excluding hydrogens is 374 g/mol. The molecule has 0 heterocycles. The molecule has 0 spiro atoms. The Morgan fingerprint density at radius 2 is 1.79 bits per heavy atom. The van der Waals surface area contributed by atoms with E-state index in [-0.39, 0.29) is 22.8 Å². The molecule has 1 atom stereocenters. The van der Waals surface area contributed by atoms with Crippen molar-refractivity contribution in [1.82, 2.24) is 0 Å². The average molecular weight is 392 g/mol. The number of ether oxygens (including phenoxy) is 3. The van der Waals surface area contributed by atoms with Crippen LogP contribution in [0.4, 0.5) is 8.78 Å². The normalized spacial score (nSPS) is 12.0. The Bertz CT molecular complexity index is 861. The van der Waals surface area contributed by atoms with Gasteiger partial charge in [-0.1, -0.05) is 6.07 Å². The third kappa shape index (κ3) is 5.80. The van der Waals surface area contributed by atoms with E-state index in [9.17, 15) is 23.5 Å². The van der Waals surface area contributed by atoms with Crippen LogP contribution < -0.4 is 9.47 Å². The number of methoxy groups -OCH3 is 1. The number of rotatable bonds is 8. The molecule has 0 unspecified atom stereocenters. The molecule has 0 aliphatic carbocycles. The number of benzene rings is 2. The lowest BCUT2D eigenvalue weighted by atomic mass is 10.1. The van der Waals surface area contributed by atoms with Crippen LogP contribution in [0.25, 0.3) is 6.08 Å². The van der Waals surface area contributed by atoms with E-state index in [1.54, 1.807) is 6.07 Å². The van der Waals surface area contributed by atoms with Crippen molar-refractivity contribution in [2.45, 2.75) is 19.6 Å². The smallest absolute Gasteiger partial charge is 0.387 e. The van der Waals surface area contributed by atoms with Crippen LogP contribution in [0.5, 0.6) is 17.2 Å². The summed E-state index contributed by atoms with van der Waals surface area (Å²) < 4.78 is 38.5. The second-order valence-corrected chi connectivity index (χ2v) is 5.61.